The Kier molecular flexibility index (Phi) is 5.00. The van der Waals surface area contributed by atoms with Crippen LogP contribution in [0.3, 0.4) is 0 Å². The van der Waals surface area contributed by atoms with Crippen molar-refractivity contribution in [3.05, 3.63) is 90.5 Å². The molecule has 0 aliphatic heterocycles. The predicted molar refractivity (Wildman–Crippen MR) is 115 cm³/mol. The van der Waals surface area contributed by atoms with Crippen LogP contribution in [0.5, 0.6) is 0 Å². The predicted octanol–water partition coefficient (Wildman–Crippen LogP) is 5.47. The third-order valence-corrected chi connectivity index (χ3v) is 5.28. The first-order valence-electron chi connectivity index (χ1n) is 8.32. The van der Waals surface area contributed by atoms with Crippen LogP contribution < -0.4 is 5.43 Å². The van der Waals surface area contributed by atoms with Gasteiger partial charge in [0.2, 0.25) is 0 Å². The van der Waals surface area contributed by atoms with Gasteiger partial charge < -0.3 is 0 Å². The lowest BCUT2D eigenvalue weighted by Gasteiger charge is -2.13. The minimum absolute atomic E-state index is 0.717. The standard InChI is InChI=1S/C21H17N3S2/c25-21(26-15-16-9-3-1-4-10-16)23-24-19-14-8-7-13-18(19)22-20(24)17-11-5-2-6-12-17/h1-14H,15H2,(H,23,25). The second-order valence-corrected chi connectivity index (χ2v) is 7.45. The first-order valence-corrected chi connectivity index (χ1v) is 9.71. The zero-order valence-corrected chi connectivity index (χ0v) is 15.6. The molecule has 1 N–H and O–H groups in total. The van der Waals surface area contributed by atoms with Gasteiger partial charge in [-0.25, -0.2) is 9.66 Å². The summed E-state index contributed by atoms with van der Waals surface area (Å²) >= 11 is 7.19. The van der Waals surface area contributed by atoms with Crippen LogP contribution >= 0.6 is 24.0 Å². The van der Waals surface area contributed by atoms with Crippen LogP contribution in [0.25, 0.3) is 22.4 Å². The molecule has 3 aromatic carbocycles. The molecule has 1 heterocycles. The van der Waals surface area contributed by atoms with E-state index in [1.807, 2.05) is 65.3 Å². The van der Waals surface area contributed by atoms with Gasteiger partial charge in [0.1, 0.15) is 0 Å². The summed E-state index contributed by atoms with van der Waals surface area (Å²) in [7, 11) is 0. The summed E-state index contributed by atoms with van der Waals surface area (Å²) in [6.45, 7) is 0. The van der Waals surface area contributed by atoms with Crippen molar-refractivity contribution in [2.45, 2.75) is 5.75 Å². The molecule has 128 valence electrons. The van der Waals surface area contributed by atoms with Crippen molar-refractivity contribution < 1.29 is 0 Å². The van der Waals surface area contributed by atoms with Crippen LogP contribution in [-0.2, 0) is 5.75 Å². The summed E-state index contributed by atoms with van der Waals surface area (Å²) in [6, 6.07) is 28.5. The van der Waals surface area contributed by atoms with Crippen LogP contribution in [0.15, 0.2) is 84.9 Å². The summed E-state index contributed by atoms with van der Waals surface area (Å²) in [5, 5.41) is 0. The Morgan fingerprint density at radius 1 is 0.885 bits per heavy atom. The molecule has 5 heteroatoms. The molecule has 3 nitrogen and oxygen atoms in total. The Balaban J connectivity index is 1.61. The smallest absolute Gasteiger partial charge is 0.159 e. The van der Waals surface area contributed by atoms with Gasteiger partial charge in [0, 0.05) is 11.3 Å². The van der Waals surface area contributed by atoms with Crippen LogP contribution in [0.1, 0.15) is 5.56 Å². The SMILES string of the molecule is S=C(Nn1c(-c2ccccc2)nc2ccccc21)SCc1ccccc1. The third-order valence-electron chi connectivity index (χ3n) is 4.01. The number of benzene rings is 3. The van der Waals surface area contributed by atoms with E-state index < -0.39 is 0 Å². The zero-order chi connectivity index (χ0) is 17.8. The van der Waals surface area contributed by atoms with E-state index in [2.05, 4.69) is 29.7 Å². The highest BCUT2D eigenvalue weighted by atomic mass is 32.2. The number of thioether (sulfide) groups is 1. The second kappa shape index (κ2) is 7.72. The molecule has 1 aromatic heterocycles. The summed E-state index contributed by atoms with van der Waals surface area (Å²) in [5.74, 6) is 1.69. The maximum atomic E-state index is 5.58. The molecule has 0 atom stereocenters. The minimum atomic E-state index is 0.717. The Morgan fingerprint density at radius 2 is 1.54 bits per heavy atom. The fourth-order valence-corrected chi connectivity index (χ4v) is 3.68. The third kappa shape index (κ3) is 3.64. The lowest BCUT2D eigenvalue weighted by molar-refractivity contribution is 1.03. The van der Waals surface area contributed by atoms with Gasteiger partial charge in [-0.05, 0) is 17.7 Å². The molecule has 0 aliphatic carbocycles. The highest BCUT2D eigenvalue weighted by Gasteiger charge is 2.13. The number of nitrogens with one attached hydrogen (secondary N) is 1. The van der Waals surface area contributed by atoms with Crippen LogP contribution in [0.4, 0.5) is 0 Å². The summed E-state index contributed by atoms with van der Waals surface area (Å²) in [6.07, 6.45) is 0. The summed E-state index contributed by atoms with van der Waals surface area (Å²) in [4.78, 5) is 4.79. The van der Waals surface area contributed by atoms with Crippen molar-refractivity contribution in [1.82, 2.24) is 9.66 Å². The van der Waals surface area contributed by atoms with E-state index in [1.165, 1.54) is 5.56 Å². The molecular weight excluding hydrogens is 358 g/mol. The maximum absolute atomic E-state index is 5.58. The van der Waals surface area contributed by atoms with Gasteiger partial charge >= 0.3 is 0 Å². The van der Waals surface area contributed by atoms with E-state index in [-0.39, 0.29) is 0 Å². The molecule has 0 fully saturated rings. The summed E-state index contributed by atoms with van der Waals surface area (Å²) < 4.78 is 2.69. The van der Waals surface area contributed by atoms with Gasteiger partial charge in [0.25, 0.3) is 0 Å². The maximum Gasteiger partial charge on any atom is 0.159 e. The van der Waals surface area contributed by atoms with Gasteiger partial charge in [-0.15, -0.1) is 0 Å². The van der Waals surface area contributed by atoms with Gasteiger partial charge in [-0.2, -0.15) is 0 Å². The second-order valence-electron chi connectivity index (χ2n) is 5.80. The van der Waals surface area contributed by atoms with Crippen molar-refractivity contribution in [1.29, 1.82) is 0 Å². The number of imidazole rings is 1. The molecule has 0 bridgehead atoms. The first-order chi connectivity index (χ1) is 12.8. The first kappa shape index (κ1) is 16.8. The molecular formula is C21H17N3S2. The van der Waals surface area contributed by atoms with Crippen LogP contribution in [-0.4, -0.2) is 14.0 Å². The van der Waals surface area contributed by atoms with E-state index in [4.69, 9.17) is 17.2 Å². The number of rotatable bonds is 4. The molecule has 0 spiro atoms. The van der Waals surface area contributed by atoms with Crippen molar-refractivity contribution in [3.63, 3.8) is 0 Å². The molecule has 0 saturated carbocycles. The normalized spacial score (nSPS) is 10.8. The molecule has 0 radical (unpaired) electrons. The van der Waals surface area contributed by atoms with E-state index in [9.17, 15) is 0 Å². The number of aromatic nitrogens is 2. The highest BCUT2D eigenvalue weighted by molar-refractivity contribution is 8.22. The Morgan fingerprint density at radius 3 is 2.31 bits per heavy atom. The quantitative estimate of drug-likeness (QED) is 0.479. The van der Waals surface area contributed by atoms with Gasteiger partial charge in [0.15, 0.2) is 10.1 Å². The molecule has 0 unspecified atom stereocenters. The largest absolute Gasteiger partial charge is 0.276 e. The summed E-state index contributed by atoms with van der Waals surface area (Å²) in [5.41, 5.74) is 7.60. The van der Waals surface area contributed by atoms with Crippen molar-refractivity contribution in [2.75, 3.05) is 5.43 Å². The fourth-order valence-electron chi connectivity index (χ4n) is 2.77. The number of hydrogen-bond donors (Lipinski definition) is 1. The van der Waals surface area contributed by atoms with Gasteiger partial charge in [-0.3, -0.25) is 5.43 Å². The minimum Gasteiger partial charge on any atom is -0.276 e. The van der Waals surface area contributed by atoms with Crippen molar-refractivity contribution in [2.24, 2.45) is 0 Å². The number of thiocarbonyl (C=S) groups is 1. The lowest BCUT2D eigenvalue weighted by atomic mass is 10.2. The lowest BCUT2D eigenvalue weighted by Crippen LogP contribution is -2.19. The molecule has 26 heavy (non-hydrogen) atoms. The molecule has 4 aromatic rings. The fraction of sp³-hybridized carbons (Fsp3) is 0.0476. The van der Waals surface area contributed by atoms with Gasteiger partial charge in [-0.1, -0.05) is 96.8 Å². The Bertz CT molecular complexity index is 1030. The van der Waals surface area contributed by atoms with Crippen LogP contribution in [0.2, 0.25) is 0 Å². The number of hydrogen-bond acceptors (Lipinski definition) is 3. The number of fused-ring (bicyclic) bond motifs is 1. The van der Waals surface area contributed by atoms with E-state index in [0.29, 0.717) is 4.32 Å². The Hall–Kier alpha value is -2.63. The van der Waals surface area contributed by atoms with Gasteiger partial charge in [0.05, 0.1) is 11.0 Å². The number of nitrogens with zero attached hydrogens (tertiary/aromatic N) is 2. The molecule has 0 saturated heterocycles. The molecule has 0 aliphatic rings. The molecule has 0 amide bonds. The zero-order valence-electron chi connectivity index (χ0n) is 14.0. The Labute approximate surface area is 162 Å². The average Bonchev–Trinajstić information content (AvgIpc) is 3.06. The molecule has 4 rings (SSSR count). The topological polar surface area (TPSA) is 29.9 Å². The van der Waals surface area contributed by atoms with E-state index in [1.54, 1.807) is 11.8 Å². The van der Waals surface area contributed by atoms with E-state index >= 15 is 0 Å². The van der Waals surface area contributed by atoms with E-state index in [0.717, 1.165) is 28.2 Å². The average molecular weight is 376 g/mol. The monoisotopic (exact) mass is 375 g/mol. The van der Waals surface area contributed by atoms with Crippen LogP contribution in [0, 0.1) is 0 Å². The highest BCUT2D eigenvalue weighted by Crippen LogP contribution is 2.24. The van der Waals surface area contributed by atoms with Crippen molar-refractivity contribution in [3.8, 4) is 11.4 Å². The van der Waals surface area contributed by atoms with Crippen molar-refractivity contribution >= 4 is 39.3 Å². The number of para-hydroxylation sites is 2.